The predicted molar refractivity (Wildman–Crippen MR) is 71.4 cm³/mol. The van der Waals surface area contributed by atoms with Crippen molar-refractivity contribution < 1.29 is 14.3 Å². The number of benzene rings is 1. The van der Waals surface area contributed by atoms with Gasteiger partial charge in [0.25, 0.3) is 0 Å². The summed E-state index contributed by atoms with van der Waals surface area (Å²) >= 11 is 3.46. The number of Topliss-reactive ketones (excluding diaryl/α,β-unsaturated/α-hetero) is 1. The molecule has 0 N–H and O–H groups in total. The maximum absolute atomic E-state index is 12.2. The van der Waals surface area contributed by atoms with Crippen molar-refractivity contribution in [3.05, 3.63) is 22.2 Å². The molecule has 96 valence electrons. The number of carbonyl (C=O) groups excluding carboxylic acids is 1. The summed E-state index contributed by atoms with van der Waals surface area (Å²) in [6, 6.07) is 3.66. The maximum Gasteiger partial charge on any atom is 0.164 e. The van der Waals surface area contributed by atoms with E-state index in [9.17, 15) is 4.79 Å². The molecule has 1 heterocycles. The normalized spacial score (nSPS) is 18.3. The second kappa shape index (κ2) is 4.92. The van der Waals surface area contributed by atoms with E-state index in [1.807, 2.05) is 12.1 Å². The Bertz CT molecular complexity index is 480. The van der Waals surface area contributed by atoms with E-state index in [1.165, 1.54) is 12.8 Å². The molecule has 1 saturated carbocycles. The molecule has 1 aromatic rings. The van der Waals surface area contributed by atoms with Gasteiger partial charge in [0.15, 0.2) is 17.3 Å². The Morgan fingerprint density at radius 1 is 1.22 bits per heavy atom. The Labute approximate surface area is 115 Å². The molecule has 0 aromatic heterocycles. The third kappa shape index (κ3) is 2.53. The van der Waals surface area contributed by atoms with Crippen molar-refractivity contribution in [2.45, 2.75) is 25.7 Å². The van der Waals surface area contributed by atoms with Crippen LogP contribution in [0.1, 0.15) is 36.0 Å². The van der Waals surface area contributed by atoms with Crippen LogP contribution in [0, 0.1) is 5.92 Å². The fraction of sp³-hybridized carbons (Fsp3) is 0.500. The van der Waals surface area contributed by atoms with Crippen molar-refractivity contribution in [1.29, 1.82) is 0 Å². The molecule has 3 nitrogen and oxygen atoms in total. The molecule has 1 aromatic carbocycles. The van der Waals surface area contributed by atoms with Crippen LogP contribution in [-0.2, 0) is 0 Å². The molecule has 0 saturated heterocycles. The lowest BCUT2D eigenvalue weighted by Crippen LogP contribution is -2.03. The zero-order chi connectivity index (χ0) is 12.5. The number of carbonyl (C=O) groups is 1. The average Bonchev–Trinajstić information content (AvgIpc) is 3.14. The number of fused-ring (bicyclic) bond motifs is 1. The number of ketones is 1. The van der Waals surface area contributed by atoms with Crippen molar-refractivity contribution in [2.75, 3.05) is 13.2 Å². The van der Waals surface area contributed by atoms with Crippen LogP contribution in [0.3, 0.4) is 0 Å². The van der Waals surface area contributed by atoms with E-state index < -0.39 is 0 Å². The number of ether oxygens (including phenoxy) is 2. The maximum atomic E-state index is 12.2. The van der Waals surface area contributed by atoms with Gasteiger partial charge >= 0.3 is 0 Å². The number of halogens is 1. The van der Waals surface area contributed by atoms with Gasteiger partial charge in [0.05, 0.1) is 13.2 Å². The largest absolute Gasteiger partial charge is 0.490 e. The molecule has 0 unspecified atom stereocenters. The first-order valence-corrected chi connectivity index (χ1v) is 7.15. The van der Waals surface area contributed by atoms with Crippen molar-refractivity contribution in [3.8, 4) is 11.5 Å². The first kappa shape index (κ1) is 12.0. The van der Waals surface area contributed by atoms with Gasteiger partial charge in [0.1, 0.15) is 0 Å². The van der Waals surface area contributed by atoms with E-state index in [0.717, 1.165) is 16.6 Å². The Morgan fingerprint density at radius 3 is 2.56 bits per heavy atom. The third-order valence-electron chi connectivity index (χ3n) is 3.31. The van der Waals surface area contributed by atoms with Crippen LogP contribution < -0.4 is 9.47 Å². The van der Waals surface area contributed by atoms with Gasteiger partial charge in [-0.15, -0.1) is 0 Å². The highest BCUT2D eigenvalue weighted by molar-refractivity contribution is 9.10. The van der Waals surface area contributed by atoms with E-state index in [1.54, 1.807) is 0 Å². The summed E-state index contributed by atoms with van der Waals surface area (Å²) in [5.74, 6) is 2.21. The predicted octanol–water partition coefficient (Wildman–Crippen LogP) is 3.59. The van der Waals surface area contributed by atoms with E-state index in [0.29, 0.717) is 36.9 Å². The van der Waals surface area contributed by atoms with Gasteiger partial charge < -0.3 is 9.47 Å². The fourth-order valence-electron chi connectivity index (χ4n) is 2.09. The van der Waals surface area contributed by atoms with Crippen LogP contribution >= 0.6 is 15.9 Å². The fourth-order valence-corrected chi connectivity index (χ4v) is 2.64. The van der Waals surface area contributed by atoms with Crippen LogP contribution in [-0.4, -0.2) is 19.0 Å². The highest BCUT2D eigenvalue weighted by Crippen LogP contribution is 2.38. The molecule has 1 aliphatic carbocycles. The molecule has 0 amide bonds. The van der Waals surface area contributed by atoms with Crippen LogP contribution in [0.4, 0.5) is 0 Å². The summed E-state index contributed by atoms with van der Waals surface area (Å²) in [7, 11) is 0. The molecule has 4 heteroatoms. The number of hydrogen-bond acceptors (Lipinski definition) is 3. The Hall–Kier alpha value is -1.03. The van der Waals surface area contributed by atoms with Gasteiger partial charge in [-0.1, -0.05) is 0 Å². The van der Waals surface area contributed by atoms with Gasteiger partial charge in [0, 0.05) is 22.9 Å². The summed E-state index contributed by atoms with van der Waals surface area (Å²) < 4.78 is 12.0. The van der Waals surface area contributed by atoms with Crippen molar-refractivity contribution >= 4 is 21.7 Å². The third-order valence-corrected chi connectivity index (χ3v) is 3.96. The van der Waals surface area contributed by atoms with E-state index in [-0.39, 0.29) is 5.78 Å². The topological polar surface area (TPSA) is 35.5 Å². The second-order valence-electron chi connectivity index (χ2n) is 4.90. The molecular formula is C14H15BrO3. The minimum absolute atomic E-state index is 0.194. The first-order chi connectivity index (χ1) is 8.74. The summed E-state index contributed by atoms with van der Waals surface area (Å²) in [4.78, 5) is 12.2. The highest BCUT2D eigenvalue weighted by Gasteiger charge is 2.26. The van der Waals surface area contributed by atoms with Crippen LogP contribution in [0.5, 0.6) is 11.5 Å². The van der Waals surface area contributed by atoms with Crippen LogP contribution in [0.15, 0.2) is 16.6 Å². The summed E-state index contributed by atoms with van der Waals surface area (Å²) in [6.45, 7) is 1.31. The van der Waals surface area contributed by atoms with Gasteiger partial charge in [-0.3, -0.25) is 4.79 Å². The minimum atomic E-state index is 0.194. The van der Waals surface area contributed by atoms with Gasteiger partial charge in [-0.25, -0.2) is 0 Å². The molecule has 0 atom stereocenters. The van der Waals surface area contributed by atoms with Crippen molar-refractivity contribution in [2.24, 2.45) is 5.92 Å². The molecule has 0 spiro atoms. The van der Waals surface area contributed by atoms with Gasteiger partial charge in [-0.05, 0) is 46.8 Å². The lowest BCUT2D eigenvalue weighted by molar-refractivity contribution is 0.0975. The molecule has 0 bridgehead atoms. The quantitative estimate of drug-likeness (QED) is 0.800. The van der Waals surface area contributed by atoms with Crippen LogP contribution in [0.2, 0.25) is 0 Å². The summed E-state index contributed by atoms with van der Waals surface area (Å²) in [5, 5.41) is 0. The highest BCUT2D eigenvalue weighted by atomic mass is 79.9. The zero-order valence-corrected chi connectivity index (χ0v) is 11.7. The monoisotopic (exact) mass is 310 g/mol. The average molecular weight is 311 g/mol. The van der Waals surface area contributed by atoms with Gasteiger partial charge in [0.2, 0.25) is 0 Å². The Kier molecular flexibility index (Phi) is 3.29. The second-order valence-corrected chi connectivity index (χ2v) is 5.75. The molecular weight excluding hydrogens is 296 g/mol. The smallest absolute Gasteiger partial charge is 0.164 e. The summed E-state index contributed by atoms with van der Waals surface area (Å²) in [6.07, 6.45) is 3.90. The Balaban J connectivity index is 1.89. The molecule has 1 aliphatic heterocycles. The SMILES string of the molecule is O=C(CC1CC1)c1cc2c(cc1Br)OCCCO2. The minimum Gasteiger partial charge on any atom is -0.490 e. The lowest BCUT2D eigenvalue weighted by Gasteiger charge is -2.11. The van der Waals surface area contributed by atoms with Crippen molar-refractivity contribution in [3.63, 3.8) is 0 Å². The molecule has 3 rings (SSSR count). The zero-order valence-electron chi connectivity index (χ0n) is 10.1. The first-order valence-electron chi connectivity index (χ1n) is 6.36. The van der Waals surface area contributed by atoms with Crippen LogP contribution in [0.25, 0.3) is 0 Å². The number of rotatable bonds is 3. The lowest BCUT2D eigenvalue weighted by atomic mass is 10.1. The standard InChI is InChI=1S/C14H15BrO3/c15-11-8-14-13(17-4-1-5-18-14)7-10(11)12(16)6-9-2-3-9/h7-9H,1-6H2. The van der Waals surface area contributed by atoms with E-state index >= 15 is 0 Å². The Morgan fingerprint density at radius 2 is 1.89 bits per heavy atom. The molecule has 18 heavy (non-hydrogen) atoms. The van der Waals surface area contributed by atoms with Gasteiger partial charge in [-0.2, -0.15) is 0 Å². The summed E-state index contributed by atoms with van der Waals surface area (Å²) in [5.41, 5.74) is 0.714. The number of hydrogen-bond donors (Lipinski definition) is 0. The molecule has 1 fully saturated rings. The van der Waals surface area contributed by atoms with E-state index in [4.69, 9.17) is 9.47 Å². The van der Waals surface area contributed by atoms with E-state index in [2.05, 4.69) is 15.9 Å². The molecule has 0 radical (unpaired) electrons. The van der Waals surface area contributed by atoms with Crippen molar-refractivity contribution in [1.82, 2.24) is 0 Å². The molecule has 2 aliphatic rings.